The number of piperazine rings is 1. The number of aromatic nitrogens is 2. The van der Waals surface area contributed by atoms with Gasteiger partial charge in [0.25, 0.3) is 0 Å². The van der Waals surface area contributed by atoms with Crippen LogP contribution in [0, 0.1) is 0 Å². The van der Waals surface area contributed by atoms with Crippen molar-refractivity contribution >= 4 is 17.5 Å². The summed E-state index contributed by atoms with van der Waals surface area (Å²) in [6, 6.07) is 7.25. The van der Waals surface area contributed by atoms with Crippen molar-refractivity contribution in [2.24, 2.45) is 0 Å². The molecule has 2 heterocycles. The van der Waals surface area contributed by atoms with Crippen molar-refractivity contribution in [1.82, 2.24) is 19.4 Å². The van der Waals surface area contributed by atoms with E-state index in [0.29, 0.717) is 43.6 Å². The molecule has 5 nitrogen and oxygen atoms in total. The first-order valence-electron chi connectivity index (χ1n) is 8.62. The van der Waals surface area contributed by atoms with Gasteiger partial charge >= 0.3 is 6.18 Å². The highest BCUT2D eigenvalue weighted by molar-refractivity contribution is 6.31. The van der Waals surface area contributed by atoms with Gasteiger partial charge in [0.15, 0.2) is 0 Å². The van der Waals surface area contributed by atoms with Crippen LogP contribution in [0.2, 0.25) is 5.02 Å². The first kappa shape index (κ1) is 19.7. The summed E-state index contributed by atoms with van der Waals surface area (Å²) in [6.07, 6.45) is -1.31. The Hall–Kier alpha value is -2.06. The van der Waals surface area contributed by atoms with Crippen LogP contribution in [-0.4, -0.2) is 57.6 Å². The molecule has 1 saturated heterocycles. The Bertz CT molecular complexity index is 785. The molecule has 1 aromatic heterocycles. The van der Waals surface area contributed by atoms with E-state index in [0.717, 1.165) is 10.1 Å². The fraction of sp³-hybridized carbons (Fsp3) is 0.444. The number of alkyl halides is 3. The summed E-state index contributed by atoms with van der Waals surface area (Å²) >= 11 is 6.10. The van der Waals surface area contributed by atoms with Crippen molar-refractivity contribution in [2.75, 3.05) is 26.2 Å². The Morgan fingerprint density at radius 1 is 1.15 bits per heavy atom. The Morgan fingerprint density at radius 2 is 1.85 bits per heavy atom. The molecule has 0 bridgehead atoms. The van der Waals surface area contributed by atoms with Crippen LogP contribution in [0.1, 0.15) is 11.4 Å². The molecule has 0 saturated carbocycles. The topological polar surface area (TPSA) is 41.4 Å². The first-order valence-corrected chi connectivity index (χ1v) is 9.00. The third kappa shape index (κ3) is 5.46. The van der Waals surface area contributed by atoms with Crippen LogP contribution >= 0.6 is 11.6 Å². The first-order chi connectivity index (χ1) is 12.8. The molecular formula is C18H20ClF3N4O. The van der Waals surface area contributed by atoms with Gasteiger partial charge in [0.2, 0.25) is 5.91 Å². The van der Waals surface area contributed by atoms with E-state index in [1.807, 2.05) is 23.1 Å². The van der Waals surface area contributed by atoms with Crippen LogP contribution in [-0.2, 0) is 24.3 Å². The van der Waals surface area contributed by atoms with Crippen LogP contribution < -0.4 is 0 Å². The Kier molecular flexibility index (Phi) is 6.06. The maximum atomic E-state index is 12.6. The highest BCUT2D eigenvalue weighted by Crippen LogP contribution is 2.20. The van der Waals surface area contributed by atoms with Crippen LogP contribution in [0.3, 0.4) is 0 Å². The summed E-state index contributed by atoms with van der Waals surface area (Å²) in [5.74, 6) is 0.379. The van der Waals surface area contributed by atoms with E-state index in [1.54, 1.807) is 11.0 Å². The number of amides is 1. The molecule has 0 unspecified atom stereocenters. The van der Waals surface area contributed by atoms with E-state index in [2.05, 4.69) is 4.98 Å². The van der Waals surface area contributed by atoms with Crippen molar-refractivity contribution in [2.45, 2.75) is 25.7 Å². The molecule has 1 aliphatic heterocycles. The second-order valence-corrected chi connectivity index (χ2v) is 6.92. The maximum absolute atomic E-state index is 12.6. The van der Waals surface area contributed by atoms with Crippen LogP contribution in [0.25, 0.3) is 0 Å². The minimum absolute atomic E-state index is 0.00122. The number of hydrogen-bond donors (Lipinski definition) is 0. The van der Waals surface area contributed by atoms with E-state index >= 15 is 0 Å². The lowest BCUT2D eigenvalue weighted by molar-refractivity contribution is -0.141. The van der Waals surface area contributed by atoms with Crippen molar-refractivity contribution in [3.05, 3.63) is 53.1 Å². The van der Waals surface area contributed by atoms with Crippen molar-refractivity contribution in [3.8, 4) is 0 Å². The lowest BCUT2D eigenvalue weighted by Crippen LogP contribution is -2.49. The van der Waals surface area contributed by atoms with Gasteiger partial charge < -0.3 is 9.47 Å². The van der Waals surface area contributed by atoms with Crippen LogP contribution in [0.5, 0.6) is 0 Å². The molecule has 1 aliphatic rings. The highest BCUT2D eigenvalue weighted by atomic mass is 35.5. The van der Waals surface area contributed by atoms with Crippen LogP contribution in [0.15, 0.2) is 36.7 Å². The SMILES string of the molecule is O=C(Cc1ccccc1Cl)N1CCN(Cc2nccn2CC(F)(F)F)CC1. The van der Waals surface area contributed by atoms with E-state index < -0.39 is 12.7 Å². The standard InChI is InChI=1S/C18H20ClF3N4O/c19-15-4-2-1-3-14(15)11-17(27)25-9-7-24(8-10-25)12-16-23-5-6-26(16)13-18(20,21)22/h1-6H,7-13H2. The van der Waals surface area contributed by atoms with Gasteiger partial charge in [-0.3, -0.25) is 9.69 Å². The molecule has 0 aliphatic carbocycles. The number of rotatable bonds is 5. The molecule has 1 amide bonds. The minimum atomic E-state index is -4.28. The average molecular weight is 401 g/mol. The molecule has 146 valence electrons. The zero-order valence-corrected chi connectivity index (χ0v) is 15.4. The van der Waals surface area contributed by atoms with Crippen molar-refractivity contribution < 1.29 is 18.0 Å². The van der Waals surface area contributed by atoms with Gasteiger partial charge in [0, 0.05) is 43.6 Å². The normalized spacial score (nSPS) is 15.9. The van der Waals surface area contributed by atoms with E-state index in [9.17, 15) is 18.0 Å². The summed E-state index contributed by atoms with van der Waals surface area (Å²) in [6.45, 7) is 1.53. The molecule has 9 heteroatoms. The van der Waals surface area contributed by atoms with Gasteiger partial charge in [0.1, 0.15) is 12.4 Å². The zero-order chi connectivity index (χ0) is 19.4. The summed E-state index contributed by atoms with van der Waals surface area (Å²) in [5.41, 5.74) is 0.792. The summed E-state index contributed by atoms with van der Waals surface area (Å²) in [7, 11) is 0. The monoisotopic (exact) mass is 400 g/mol. The second-order valence-electron chi connectivity index (χ2n) is 6.51. The zero-order valence-electron chi connectivity index (χ0n) is 14.6. The molecular weight excluding hydrogens is 381 g/mol. The number of carbonyl (C=O) groups is 1. The summed E-state index contributed by atoms with van der Waals surface area (Å²) < 4.78 is 38.9. The molecule has 0 radical (unpaired) electrons. The van der Waals surface area contributed by atoms with Crippen LogP contribution in [0.4, 0.5) is 13.2 Å². The Balaban J connectivity index is 1.51. The molecule has 0 N–H and O–H groups in total. The van der Waals surface area contributed by atoms with Crippen molar-refractivity contribution in [1.29, 1.82) is 0 Å². The lowest BCUT2D eigenvalue weighted by Gasteiger charge is -2.34. The number of halogens is 4. The Labute approximate surface area is 160 Å². The van der Waals surface area contributed by atoms with Gasteiger partial charge in [-0.1, -0.05) is 29.8 Å². The fourth-order valence-electron chi connectivity index (χ4n) is 3.10. The van der Waals surface area contributed by atoms with E-state index in [1.165, 1.54) is 12.4 Å². The molecule has 1 aromatic carbocycles. The largest absolute Gasteiger partial charge is 0.406 e. The number of imidazole rings is 1. The molecule has 0 spiro atoms. The third-order valence-corrected chi connectivity index (χ3v) is 4.91. The van der Waals surface area contributed by atoms with Gasteiger partial charge in [-0.05, 0) is 11.6 Å². The van der Waals surface area contributed by atoms with Gasteiger partial charge in [-0.2, -0.15) is 13.2 Å². The Morgan fingerprint density at radius 3 is 2.52 bits per heavy atom. The number of hydrogen-bond acceptors (Lipinski definition) is 3. The minimum Gasteiger partial charge on any atom is -0.340 e. The molecule has 0 atom stereocenters. The van der Waals surface area contributed by atoms with Gasteiger partial charge in [-0.15, -0.1) is 0 Å². The second kappa shape index (κ2) is 8.31. The van der Waals surface area contributed by atoms with E-state index in [4.69, 9.17) is 11.6 Å². The predicted octanol–water partition coefficient (Wildman–Crippen LogP) is 2.99. The maximum Gasteiger partial charge on any atom is 0.406 e. The molecule has 3 rings (SSSR count). The third-order valence-electron chi connectivity index (χ3n) is 4.54. The van der Waals surface area contributed by atoms with Gasteiger partial charge in [-0.25, -0.2) is 4.98 Å². The fourth-order valence-corrected chi connectivity index (χ4v) is 3.30. The quantitative estimate of drug-likeness (QED) is 0.774. The predicted molar refractivity (Wildman–Crippen MR) is 95.3 cm³/mol. The summed E-state index contributed by atoms with van der Waals surface area (Å²) in [5, 5.41) is 0.570. The average Bonchev–Trinajstić information content (AvgIpc) is 3.02. The molecule has 27 heavy (non-hydrogen) atoms. The molecule has 2 aromatic rings. The smallest absolute Gasteiger partial charge is 0.340 e. The van der Waals surface area contributed by atoms with Crippen molar-refractivity contribution in [3.63, 3.8) is 0 Å². The number of nitrogens with zero attached hydrogens (tertiary/aromatic N) is 4. The number of benzene rings is 1. The summed E-state index contributed by atoms with van der Waals surface area (Å²) in [4.78, 5) is 20.3. The lowest BCUT2D eigenvalue weighted by atomic mass is 10.1. The number of carbonyl (C=O) groups excluding carboxylic acids is 1. The van der Waals surface area contributed by atoms with Gasteiger partial charge in [0.05, 0.1) is 13.0 Å². The highest BCUT2D eigenvalue weighted by Gasteiger charge is 2.29. The van der Waals surface area contributed by atoms with E-state index in [-0.39, 0.29) is 12.3 Å². The molecule has 1 fully saturated rings.